The zero-order chi connectivity index (χ0) is 22.9. The van der Waals surface area contributed by atoms with Crippen LogP contribution in [0.5, 0.6) is 0 Å². The summed E-state index contributed by atoms with van der Waals surface area (Å²) < 4.78 is 2.08. The van der Waals surface area contributed by atoms with Gasteiger partial charge in [-0.1, -0.05) is 47.5 Å². The van der Waals surface area contributed by atoms with Gasteiger partial charge in [0.15, 0.2) is 0 Å². The van der Waals surface area contributed by atoms with Crippen LogP contribution in [0.4, 0.5) is 5.69 Å². The highest BCUT2D eigenvalue weighted by Crippen LogP contribution is 2.29. The van der Waals surface area contributed by atoms with Gasteiger partial charge >= 0.3 is 0 Å². The lowest BCUT2D eigenvalue weighted by atomic mass is 10.0. The molecule has 0 radical (unpaired) electrons. The topological polar surface area (TPSA) is 59.3 Å². The first kappa shape index (κ1) is 20.6. The van der Waals surface area contributed by atoms with Crippen molar-refractivity contribution in [1.82, 2.24) is 14.4 Å². The number of aryl methyl sites for hydroxylation is 3. The predicted molar refractivity (Wildman–Crippen MR) is 132 cm³/mol. The fourth-order valence-electron chi connectivity index (χ4n) is 4.01. The van der Waals surface area contributed by atoms with E-state index in [1.165, 1.54) is 5.56 Å². The second-order valence-electron chi connectivity index (χ2n) is 8.31. The summed E-state index contributed by atoms with van der Waals surface area (Å²) in [7, 11) is 0. The van der Waals surface area contributed by atoms with Gasteiger partial charge < -0.3 is 5.32 Å². The van der Waals surface area contributed by atoms with E-state index in [0.717, 1.165) is 39.3 Å². The van der Waals surface area contributed by atoms with Gasteiger partial charge in [-0.2, -0.15) is 0 Å². The number of nitrogens with zero attached hydrogens (tertiary/aromatic N) is 3. The lowest BCUT2D eigenvalue weighted by Crippen LogP contribution is -2.14. The van der Waals surface area contributed by atoms with Gasteiger partial charge in [-0.15, -0.1) is 0 Å². The molecule has 3 aromatic heterocycles. The maximum atomic E-state index is 13.0. The van der Waals surface area contributed by atoms with Gasteiger partial charge in [-0.25, -0.2) is 4.98 Å². The summed E-state index contributed by atoms with van der Waals surface area (Å²) in [5, 5.41) is 2.98. The molecular formula is C28H24N4O. The number of carbonyl (C=O) groups excluding carboxylic acids is 1. The van der Waals surface area contributed by atoms with Crippen LogP contribution in [0.2, 0.25) is 0 Å². The third-order valence-electron chi connectivity index (χ3n) is 5.80. The lowest BCUT2D eigenvalue weighted by Gasteiger charge is -2.11. The molecule has 2 aromatic carbocycles. The van der Waals surface area contributed by atoms with Crippen LogP contribution in [0.25, 0.3) is 28.0 Å². The monoisotopic (exact) mass is 432 g/mol. The van der Waals surface area contributed by atoms with Crippen LogP contribution in [0.3, 0.4) is 0 Å². The number of nitrogens with one attached hydrogen (secondary N) is 1. The average molecular weight is 433 g/mol. The van der Waals surface area contributed by atoms with Crippen molar-refractivity contribution >= 4 is 17.1 Å². The van der Waals surface area contributed by atoms with Crippen molar-refractivity contribution in [3.8, 4) is 22.5 Å². The van der Waals surface area contributed by atoms with Crippen molar-refractivity contribution in [3.05, 3.63) is 108 Å². The molecule has 1 amide bonds. The minimum absolute atomic E-state index is 0.174. The summed E-state index contributed by atoms with van der Waals surface area (Å²) in [6.07, 6.45) is 5.70. The Balaban J connectivity index is 1.54. The van der Waals surface area contributed by atoms with Gasteiger partial charge in [0, 0.05) is 34.8 Å². The largest absolute Gasteiger partial charge is 0.322 e. The van der Waals surface area contributed by atoms with Crippen molar-refractivity contribution < 1.29 is 4.79 Å². The van der Waals surface area contributed by atoms with Crippen LogP contribution < -0.4 is 5.32 Å². The van der Waals surface area contributed by atoms with Gasteiger partial charge in [0.25, 0.3) is 5.91 Å². The fourth-order valence-corrected chi connectivity index (χ4v) is 4.01. The van der Waals surface area contributed by atoms with Crippen LogP contribution in [0, 0.1) is 20.8 Å². The molecule has 3 heterocycles. The van der Waals surface area contributed by atoms with E-state index >= 15 is 0 Å². The fraction of sp³-hybridized carbons (Fsp3) is 0.107. The highest BCUT2D eigenvalue weighted by molar-refractivity contribution is 6.05. The number of fused-ring (bicyclic) bond motifs is 1. The Morgan fingerprint density at radius 2 is 1.64 bits per heavy atom. The Kier molecular flexibility index (Phi) is 5.23. The lowest BCUT2D eigenvalue weighted by molar-refractivity contribution is 0.102. The van der Waals surface area contributed by atoms with Crippen LogP contribution in [-0.2, 0) is 0 Å². The molecule has 0 saturated carbocycles. The van der Waals surface area contributed by atoms with Crippen molar-refractivity contribution in [2.24, 2.45) is 0 Å². The number of amides is 1. The number of hydrogen-bond donors (Lipinski definition) is 1. The summed E-state index contributed by atoms with van der Waals surface area (Å²) in [4.78, 5) is 22.2. The number of hydrogen-bond acceptors (Lipinski definition) is 3. The number of rotatable bonds is 4. The molecule has 5 aromatic rings. The van der Waals surface area contributed by atoms with Gasteiger partial charge in [-0.05, 0) is 51.1 Å². The minimum Gasteiger partial charge on any atom is -0.322 e. The summed E-state index contributed by atoms with van der Waals surface area (Å²) in [6, 6.07) is 22.0. The normalized spacial score (nSPS) is 11.0. The average Bonchev–Trinajstić information content (AvgIpc) is 3.25. The number of pyridine rings is 2. The summed E-state index contributed by atoms with van der Waals surface area (Å²) in [5.41, 5.74) is 8.20. The Bertz CT molecular complexity index is 1480. The number of anilines is 1. The molecule has 0 aliphatic heterocycles. The zero-order valence-electron chi connectivity index (χ0n) is 18.8. The molecule has 1 N–H and O–H groups in total. The Morgan fingerprint density at radius 1 is 0.818 bits per heavy atom. The van der Waals surface area contributed by atoms with Crippen molar-refractivity contribution in [2.45, 2.75) is 20.8 Å². The van der Waals surface area contributed by atoms with Crippen molar-refractivity contribution in [1.29, 1.82) is 0 Å². The molecule has 5 nitrogen and oxygen atoms in total. The third-order valence-corrected chi connectivity index (χ3v) is 5.80. The Labute approximate surface area is 192 Å². The van der Waals surface area contributed by atoms with Gasteiger partial charge in [-0.3, -0.25) is 14.2 Å². The number of aromatic nitrogens is 3. The molecule has 5 rings (SSSR count). The summed E-state index contributed by atoms with van der Waals surface area (Å²) in [6.45, 7) is 5.94. The first-order valence-corrected chi connectivity index (χ1v) is 10.9. The van der Waals surface area contributed by atoms with Crippen molar-refractivity contribution in [2.75, 3.05) is 5.32 Å². The minimum atomic E-state index is -0.174. The van der Waals surface area contributed by atoms with E-state index in [1.54, 1.807) is 0 Å². The van der Waals surface area contributed by atoms with E-state index in [9.17, 15) is 4.79 Å². The summed E-state index contributed by atoms with van der Waals surface area (Å²) in [5.74, 6) is 0.708. The number of carbonyl (C=O) groups is 1. The number of imidazole rings is 1. The predicted octanol–water partition coefficient (Wildman–Crippen LogP) is 6.24. The quantitative estimate of drug-likeness (QED) is 0.366. The van der Waals surface area contributed by atoms with Gasteiger partial charge in [0.05, 0.1) is 23.0 Å². The molecule has 33 heavy (non-hydrogen) atoms. The molecule has 0 atom stereocenters. The standard InChI is InChI=1S/C28H24N4O/c1-18-9-11-23(12-10-18)31-28(33)25-15-22(16-29-20(25)3)24-8-5-13-32-26(24)17-30-27(32)21-7-4-6-19(2)14-21/h4-17H,1-3H3,(H,31,33). The van der Waals surface area contributed by atoms with Crippen LogP contribution in [-0.4, -0.2) is 20.3 Å². The molecule has 0 aliphatic rings. The smallest absolute Gasteiger partial charge is 0.257 e. The van der Waals surface area contributed by atoms with Crippen molar-refractivity contribution in [3.63, 3.8) is 0 Å². The van der Waals surface area contributed by atoms with Gasteiger partial charge in [0.1, 0.15) is 5.82 Å². The van der Waals surface area contributed by atoms with E-state index in [2.05, 4.69) is 39.8 Å². The van der Waals surface area contributed by atoms with E-state index in [4.69, 9.17) is 4.98 Å². The molecular weight excluding hydrogens is 408 g/mol. The van der Waals surface area contributed by atoms with Crippen LogP contribution in [0.1, 0.15) is 27.2 Å². The SMILES string of the molecule is Cc1ccc(NC(=O)c2cc(-c3cccn4c(-c5cccc(C)c5)ncc34)cnc2C)cc1. The van der Waals surface area contributed by atoms with E-state index in [1.807, 2.05) is 81.0 Å². The second-order valence-corrected chi connectivity index (χ2v) is 8.31. The second kappa shape index (κ2) is 8.36. The molecule has 0 unspecified atom stereocenters. The maximum absolute atomic E-state index is 13.0. The van der Waals surface area contributed by atoms with Crippen LogP contribution in [0.15, 0.2) is 85.3 Å². The first-order valence-electron chi connectivity index (χ1n) is 10.9. The number of benzene rings is 2. The third kappa shape index (κ3) is 4.01. The van der Waals surface area contributed by atoms with Gasteiger partial charge in [0.2, 0.25) is 0 Å². The highest BCUT2D eigenvalue weighted by Gasteiger charge is 2.15. The first-order chi connectivity index (χ1) is 16.0. The highest BCUT2D eigenvalue weighted by atomic mass is 16.1. The van der Waals surface area contributed by atoms with Crippen LogP contribution >= 0.6 is 0 Å². The molecule has 0 spiro atoms. The molecule has 5 heteroatoms. The maximum Gasteiger partial charge on any atom is 0.257 e. The van der Waals surface area contributed by atoms with E-state index < -0.39 is 0 Å². The zero-order valence-corrected chi connectivity index (χ0v) is 18.8. The molecule has 0 bridgehead atoms. The molecule has 162 valence electrons. The Morgan fingerprint density at radius 3 is 2.42 bits per heavy atom. The molecule has 0 fully saturated rings. The van der Waals surface area contributed by atoms with E-state index in [0.29, 0.717) is 11.3 Å². The van der Waals surface area contributed by atoms with E-state index in [-0.39, 0.29) is 5.91 Å². The summed E-state index contributed by atoms with van der Waals surface area (Å²) >= 11 is 0. The molecule has 0 saturated heterocycles. The molecule has 0 aliphatic carbocycles. The Hall–Kier alpha value is -4.25.